The Bertz CT molecular complexity index is 729. The zero-order valence-electron chi connectivity index (χ0n) is 12.6. The summed E-state index contributed by atoms with van der Waals surface area (Å²) in [6.45, 7) is 3.19. The summed E-state index contributed by atoms with van der Waals surface area (Å²) in [7, 11) is -3.37. The summed E-state index contributed by atoms with van der Waals surface area (Å²) in [5.41, 5.74) is 6.62. The molecule has 0 saturated carbocycles. The summed E-state index contributed by atoms with van der Waals surface area (Å²) in [6.07, 6.45) is 0.636. The predicted molar refractivity (Wildman–Crippen MR) is 81.0 cm³/mol. The molecule has 7 nitrogen and oxygen atoms in total. The number of fused-ring (bicyclic) bond motifs is 1. The topological polar surface area (TPSA) is 107 Å². The number of ether oxygens (including phenoxy) is 1. The van der Waals surface area contributed by atoms with Crippen LogP contribution in [-0.2, 0) is 26.0 Å². The minimum atomic E-state index is -3.37. The summed E-state index contributed by atoms with van der Waals surface area (Å²) < 4.78 is 29.9. The van der Waals surface area contributed by atoms with Crippen LogP contribution in [0.4, 0.5) is 5.69 Å². The molecular formula is C14H18N2O5S. The van der Waals surface area contributed by atoms with E-state index in [1.54, 1.807) is 19.1 Å². The number of benzene rings is 1. The van der Waals surface area contributed by atoms with Crippen molar-refractivity contribution in [3.63, 3.8) is 0 Å². The Labute approximate surface area is 129 Å². The van der Waals surface area contributed by atoms with Gasteiger partial charge in [-0.1, -0.05) is 0 Å². The molecule has 120 valence electrons. The van der Waals surface area contributed by atoms with Crippen LogP contribution in [0.5, 0.6) is 0 Å². The molecular weight excluding hydrogens is 308 g/mol. The van der Waals surface area contributed by atoms with Gasteiger partial charge in [-0.15, -0.1) is 0 Å². The Hall–Kier alpha value is -2.09. The number of hydrogen-bond donors (Lipinski definition) is 1. The molecule has 2 rings (SSSR count). The first-order chi connectivity index (χ1) is 10.1. The largest absolute Gasteiger partial charge is 0.449 e. The lowest BCUT2D eigenvalue weighted by Crippen LogP contribution is -2.34. The van der Waals surface area contributed by atoms with Crippen molar-refractivity contribution in [2.75, 3.05) is 10.6 Å². The third kappa shape index (κ3) is 3.06. The lowest BCUT2D eigenvalue weighted by atomic mass is 10.1. The second-order valence-electron chi connectivity index (χ2n) is 5.41. The van der Waals surface area contributed by atoms with Crippen molar-refractivity contribution in [1.29, 1.82) is 0 Å². The molecule has 1 aliphatic rings. The highest BCUT2D eigenvalue weighted by Crippen LogP contribution is 2.34. The molecule has 0 fully saturated rings. The van der Waals surface area contributed by atoms with Gasteiger partial charge in [0.2, 0.25) is 10.0 Å². The third-order valence-electron chi connectivity index (χ3n) is 3.51. The van der Waals surface area contributed by atoms with Crippen LogP contribution in [0.2, 0.25) is 0 Å². The van der Waals surface area contributed by atoms with Crippen LogP contribution in [0.1, 0.15) is 29.8 Å². The van der Waals surface area contributed by atoms with E-state index in [1.807, 2.05) is 0 Å². The Kier molecular flexibility index (Phi) is 4.15. The molecule has 0 aromatic heterocycles. The molecule has 1 aromatic rings. The van der Waals surface area contributed by atoms with E-state index in [2.05, 4.69) is 0 Å². The van der Waals surface area contributed by atoms with Crippen LogP contribution < -0.4 is 10.0 Å². The lowest BCUT2D eigenvalue weighted by Gasteiger charge is -2.21. The molecule has 0 aliphatic carbocycles. The highest BCUT2D eigenvalue weighted by atomic mass is 32.2. The summed E-state index contributed by atoms with van der Waals surface area (Å²) >= 11 is 0. The van der Waals surface area contributed by atoms with E-state index in [9.17, 15) is 18.0 Å². The smallest absolute Gasteiger partial charge is 0.338 e. The van der Waals surface area contributed by atoms with E-state index in [0.29, 0.717) is 12.1 Å². The van der Waals surface area contributed by atoms with Crippen molar-refractivity contribution >= 4 is 27.6 Å². The zero-order valence-corrected chi connectivity index (χ0v) is 13.4. The monoisotopic (exact) mass is 326 g/mol. The lowest BCUT2D eigenvalue weighted by molar-refractivity contribution is -0.125. The molecule has 0 radical (unpaired) electrons. The quantitative estimate of drug-likeness (QED) is 0.807. The van der Waals surface area contributed by atoms with Crippen LogP contribution in [0.15, 0.2) is 18.2 Å². The molecule has 0 spiro atoms. The second-order valence-corrected chi connectivity index (χ2v) is 7.26. The van der Waals surface area contributed by atoms with Crippen molar-refractivity contribution in [3.8, 4) is 0 Å². The van der Waals surface area contributed by atoms with E-state index in [-0.39, 0.29) is 11.6 Å². The molecule has 1 aromatic carbocycles. The van der Waals surface area contributed by atoms with Crippen molar-refractivity contribution in [1.82, 2.24) is 0 Å². The number of carbonyl (C=O) groups is 2. The van der Waals surface area contributed by atoms with Crippen molar-refractivity contribution < 1.29 is 22.7 Å². The summed E-state index contributed by atoms with van der Waals surface area (Å²) in [5, 5.41) is 0. The summed E-state index contributed by atoms with van der Waals surface area (Å²) in [4.78, 5) is 22.9. The molecule has 22 heavy (non-hydrogen) atoms. The van der Waals surface area contributed by atoms with Gasteiger partial charge in [-0.25, -0.2) is 13.2 Å². The fraction of sp³-hybridized carbons (Fsp3) is 0.429. The Balaban J connectivity index is 2.29. The van der Waals surface area contributed by atoms with Gasteiger partial charge in [0.15, 0.2) is 6.10 Å². The van der Waals surface area contributed by atoms with Gasteiger partial charge in [-0.3, -0.25) is 9.10 Å². The Morgan fingerprint density at radius 1 is 1.41 bits per heavy atom. The molecule has 1 heterocycles. The van der Waals surface area contributed by atoms with E-state index in [4.69, 9.17) is 10.5 Å². The minimum absolute atomic E-state index is 0.208. The number of sulfonamides is 1. The van der Waals surface area contributed by atoms with E-state index >= 15 is 0 Å². The first-order valence-electron chi connectivity index (χ1n) is 6.74. The van der Waals surface area contributed by atoms with Gasteiger partial charge in [0.05, 0.1) is 17.5 Å². The number of anilines is 1. The second kappa shape index (κ2) is 5.60. The number of hydrogen-bond acceptors (Lipinski definition) is 5. The van der Waals surface area contributed by atoms with Gasteiger partial charge >= 0.3 is 5.97 Å². The van der Waals surface area contributed by atoms with Gasteiger partial charge in [-0.2, -0.15) is 0 Å². The first kappa shape index (κ1) is 16.3. The summed E-state index contributed by atoms with van der Waals surface area (Å²) in [6, 6.07) is 4.43. The predicted octanol–water partition coefficient (Wildman–Crippen LogP) is 0.428. The Morgan fingerprint density at radius 3 is 2.59 bits per heavy atom. The number of primary amides is 1. The van der Waals surface area contributed by atoms with Crippen molar-refractivity contribution in [3.05, 3.63) is 29.3 Å². The number of amides is 1. The van der Waals surface area contributed by atoms with Gasteiger partial charge in [0, 0.05) is 6.04 Å². The maximum absolute atomic E-state index is 12.0. The fourth-order valence-electron chi connectivity index (χ4n) is 2.52. The zero-order chi connectivity index (χ0) is 16.7. The first-order valence-corrected chi connectivity index (χ1v) is 8.58. The number of esters is 1. The van der Waals surface area contributed by atoms with E-state index in [0.717, 1.165) is 11.8 Å². The molecule has 0 saturated heterocycles. The molecule has 2 atom stereocenters. The van der Waals surface area contributed by atoms with Gasteiger partial charge in [0.25, 0.3) is 5.91 Å². The molecule has 2 N–H and O–H groups in total. The summed E-state index contributed by atoms with van der Waals surface area (Å²) in [5.74, 6) is -1.40. The van der Waals surface area contributed by atoms with E-state index < -0.39 is 28.0 Å². The number of rotatable bonds is 4. The maximum Gasteiger partial charge on any atom is 0.338 e. The maximum atomic E-state index is 12.0. The van der Waals surface area contributed by atoms with Crippen molar-refractivity contribution in [2.45, 2.75) is 32.4 Å². The molecule has 1 aliphatic heterocycles. The standard InChI is InChI=1S/C14H18N2O5S/c1-8-6-11-7-10(14(18)21-9(2)13(15)17)4-5-12(11)16(8)22(3,19)20/h4-5,7-9H,6H2,1-3H3,(H2,15,17)/t8-,9+/m0/s1. The normalized spacial score (nSPS) is 18.7. The molecule has 0 unspecified atom stereocenters. The minimum Gasteiger partial charge on any atom is -0.449 e. The third-order valence-corrected chi connectivity index (χ3v) is 4.78. The van der Waals surface area contributed by atoms with Crippen molar-refractivity contribution in [2.24, 2.45) is 5.73 Å². The van der Waals surface area contributed by atoms with Gasteiger partial charge in [-0.05, 0) is 44.0 Å². The molecule has 8 heteroatoms. The van der Waals surface area contributed by atoms with Crippen LogP contribution >= 0.6 is 0 Å². The number of carbonyl (C=O) groups excluding carboxylic acids is 2. The van der Waals surface area contributed by atoms with Crippen LogP contribution in [0.25, 0.3) is 0 Å². The van der Waals surface area contributed by atoms with Crippen LogP contribution in [0.3, 0.4) is 0 Å². The van der Waals surface area contributed by atoms with E-state index in [1.165, 1.54) is 17.3 Å². The van der Waals surface area contributed by atoms with Crippen LogP contribution in [-0.4, -0.2) is 38.7 Å². The average molecular weight is 326 g/mol. The van der Waals surface area contributed by atoms with Crippen LogP contribution in [0, 0.1) is 0 Å². The fourth-order valence-corrected chi connectivity index (χ4v) is 3.79. The highest BCUT2D eigenvalue weighted by Gasteiger charge is 2.33. The van der Waals surface area contributed by atoms with Gasteiger partial charge in [0.1, 0.15) is 0 Å². The number of nitrogens with two attached hydrogens (primary N) is 1. The average Bonchev–Trinajstić information content (AvgIpc) is 2.72. The van der Waals surface area contributed by atoms with Gasteiger partial charge < -0.3 is 10.5 Å². The highest BCUT2D eigenvalue weighted by molar-refractivity contribution is 7.92. The Morgan fingerprint density at radius 2 is 2.05 bits per heavy atom. The number of nitrogens with zero attached hydrogens (tertiary/aromatic N) is 1. The molecule has 0 bridgehead atoms. The molecule has 1 amide bonds. The SMILES string of the molecule is C[C@@H](OC(=O)c1ccc2c(c1)C[C@H](C)N2S(C)(=O)=O)C(N)=O.